The molecule has 0 aliphatic carbocycles. The number of benzene rings is 2. The quantitative estimate of drug-likeness (QED) is 0.341. The summed E-state index contributed by atoms with van der Waals surface area (Å²) in [5, 5.41) is 12.2. The third kappa shape index (κ3) is 5.55. The van der Waals surface area contributed by atoms with Crippen molar-refractivity contribution in [1.29, 1.82) is 0 Å². The minimum absolute atomic E-state index is 0.0896. The molecule has 1 N–H and O–H groups in total. The van der Waals surface area contributed by atoms with Gasteiger partial charge in [0.05, 0.1) is 18.4 Å². The molecule has 6 nitrogen and oxygen atoms in total. The predicted molar refractivity (Wildman–Crippen MR) is 127 cm³/mol. The Morgan fingerprint density at radius 1 is 1.23 bits per heavy atom. The van der Waals surface area contributed by atoms with Crippen LogP contribution >= 0.6 is 11.8 Å². The van der Waals surface area contributed by atoms with Crippen molar-refractivity contribution < 1.29 is 9.53 Å². The molecule has 0 unspecified atom stereocenters. The normalized spacial score (nSPS) is 11.7. The Kier molecular flexibility index (Phi) is 7.89. The Morgan fingerprint density at radius 3 is 2.65 bits per heavy atom. The molecule has 0 saturated carbocycles. The molecule has 3 aromatic rings. The molecule has 2 aromatic carbocycles. The van der Waals surface area contributed by atoms with Crippen LogP contribution < -0.4 is 10.1 Å². The Balaban J connectivity index is 1.69. The van der Waals surface area contributed by atoms with Gasteiger partial charge >= 0.3 is 0 Å². The summed E-state index contributed by atoms with van der Waals surface area (Å²) in [7, 11) is 1.63. The third-order valence-corrected chi connectivity index (χ3v) is 6.05. The number of thioether (sulfide) groups is 1. The lowest BCUT2D eigenvalue weighted by atomic mass is 9.99. The van der Waals surface area contributed by atoms with Crippen LogP contribution in [0.25, 0.3) is 11.4 Å². The molecule has 1 aromatic heterocycles. The lowest BCUT2D eigenvalue weighted by Gasteiger charge is -2.11. The van der Waals surface area contributed by atoms with E-state index >= 15 is 0 Å². The maximum absolute atomic E-state index is 12.5. The second kappa shape index (κ2) is 10.8. The number of carbonyl (C=O) groups excluding carboxylic acids is 1. The summed E-state index contributed by atoms with van der Waals surface area (Å²) in [6.45, 7) is 8.73. The van der Waals surface area contributed by atoms with Gasteiger partial charge in [-0.05, 0) is 42.2 Å². The molecule has 0 fully saturated rings. The van der Waals surface area contributed by atoms with Crippen LogP contribution in [-0.4, -0.2) is 33.5 Å². The van der Waals surface area contributed by atoms with E-state index in [1.807, 2.05) is 41.0 Å². The highest BCUT2D eigenvalue weighted by Crippen LogP contribution is 2.31. The molecule has 0 radical (unpaired) electrons. The predicted octanol–water partition coefficient (Wildman–Crippen LogP) is 5.38. The zero-order valence-electron chi connectivity index (χ0n) is 18.2. The minimum atomic E-state index is -0.0896. The van der Waals surface area contributed by atoms with Crippen LogP contribution in [0.4, 0.5) is 5.69 Å². The Morgan fingerprint density at radius 2 is 1.97 bits per heavy atom. The Bertz CT molecular complexity index is 1030. The van der Waals surface area contributed by atoms with Crippen molar-refractivity contribution in [2.24, 2.45) is 0 Å². The fraction of sp³-hybridized carbons (Fsp3) is 0.292. The lowest BCUT2D eigenvalue weighted by Crippen LogP contribution is -2.14. The lowest BCUT2D eigenvalue weighted by molar-refractivity contribution is -0.113. The molecule has 1 amide bonds. The van der Waals surface area contributed by atoms with Gasteiger partial charge in [-0.1, -0.05) is 56.0 Å². The van der Waals surface area contributed by atoms with Gasteiger partial charge in [0, 0.05) is 12.2 Å². The van der Waals surface area contributed by atoms with E-state index < -0.39 is 0 Å². The van der Waals surface area contributed by atoms with Gasteiger partial charge in [-0.2, -0.15) is 0 Å². The zero-order valence-corrected chi connectivity index (χ0v) is 19.0. The standard InChI is InChI=1S/C24H28N4O2S/c1-5-15-28-23(20-9-7-8-10-21(20)30-4)26-27-24(28)31-16-22(29)25-19-13-11-18(12-14-19)17(3)6-2/h5,7-14,17H,1,6,15-16H2,2-4H3,(H,25,29)/t17-/m0/s1. The van der Waals surface area contributed by atoms with Gasteiger partial charge in [-0.15, -0.1) is 16.8 Å². The highest BCUT2D eigenvalue weighted by molar-refractivity contribution is 7.99. The largest absolute Gasteiger partial charge is 0.496 e. The number of hydrogen-bond donors (Lipinski definition) is 1. The van der Waals surface area contributed by atoms with E-state index in [-0.39, 0.29) is 11.7 Å². The average molecular weight is 437 g/mol. The molecule has 3 rings (SSSR count). The summed E-state index contributed by atoms with van der Waals surface area (Å²) < 4.78 is 7.39. The summed E-state index contributed by atoms with van der Waals surface area (Å²) in [5.41, 5.74) is 2.91. The van der Waals surface area contributed by atoms with E-state index in [1.165, 1.54) is 17.3 Å². The van der Waals surface area contributed by atoms with Crippen molar-refractivity contribution in [3.63, 3.8) is 0 Å². The van der Waals surface area contributed by atoms with Crippen molar-refractivity contribution >= 4 is 23.4 Å². The van der Waals surface area contributed by atoms with Gasteiger partial charge in [-0.3, -0.25) is 9.36 Å². The topological polar surface area (TPSA) is 69.0 Å². The molecule has 0 bridgehead atoms. The maximum Gasteiger partial charge on any atom is 0.234 e. The van der Waals surface area contributed by atoms with Crippen LogP contribution in [0.1, 0.15) is 31.7 Å². The van der Waals surface area contributed by atoms with E-state index in [2.05, 4.69) is 48.1 Å². The highest BCUT2D eigenvalue weighted by atomic mass is 32.2. The van der Waals surface area contributed by atoms with Crippen molar-refractivity contribution in [1.82, 2.24) is 14.8 Å². The first-order valence-corrected chi connectivity index (χ1v) is 11.3. The number of rotatable bonds is 10. The monoisotopic (exact) mass is 436 g/mol. The molecule has 0 aliphatic rings. The van der Waals surface area contributed by atoms with Crippen LogP contribution in [0.3, 0.4) is 0 Å². The number of para-hydroxylation sites is 1. The number of ether oxygens (including phenoxy) is 1. The molecule has 7 heteroatoms. The van der Waals surface area contributed by atoms with E-state index in [0.29, 0.717) is 23.4 Å². The van der Waals surface area contributed by atoms with Crippen molar-refractivity contribution in [3.05, 3.63) is 66.7 Å². The number of allylic oxidation sites excluding steroid dienone is 1. The highest BCUT2D eigenvalue weighted by Gasteiger charge is 2.17. The maximum atomic E-state index is 12.5. The first kappa shape index (κ1) is 22.6. The number of methoxy groups -OCH3 is 1. The second-order valence-electron chi connectivity index (χ2n) is 7.17. The number of carbonyl (C=O) groups is 1. The van der Waals surface area contributed by atoms with Crippen LogP contribution in [0, 0.1) is 0 Å². The second-order valence-corrected chi connectivity index (χ2v) is 8.12. The molecule has 31 heavy (non-hydrogen) atoms. The smallest absolute Gasteiger partial charge is 0.234 e. The Hall–Kier alpha value is -3.06. The van der Waals surface area contributed by atoms with Gasteiger partial charge in [0.15, 0.2) is 11.0 Å². The third-order valence-electron chi connectivity index (χ3n) is 5.08. The summed E-state index contributed by atoms with van der Waals surface area (Å²) in [6.07, 6.45) is 2.87. The van der Waals surface area contributed by atoms with Crippen molar-refractivity contribution in [3.8, 4) is 17.1 Å². The van der Waals surface area contributed by atoms with E-state index in [0.717, 1.165) is 23.4 Å². The Labute approximate surface area is 187 Å². The molecular formula is C24H28N4O2S. The van der Waals surface area contributed by atoms with Gasteiger partial charge in [0.1, 0.15) is 5.75 Å². The molecule has 0 aliphatic heterocycles. The summed E-state index contributed by atoms with van der Waals surface area (Å²) in [5.74, 6) is 2.05. The molecular weight excluding hydrogens is 408 g/mol. The first-order valence-electron chi connectivity index (χ1n) is 10.3. The van der Waals surface area contributed by atoms with Gasteiger partial charge < -0.3 is 10.1 Å². The molecule has 1 atom stereocenters. The van der Waals surface area contributed by atoms with Crippen LogP contribution in [0.15, 0.2) is 66.3 Å². The van der Waals surface area contributed by atoms with E-state index in [4.69, 9.17) is 4.74 Å². The molecule has 0 spiro atoms. The number of nitrogens with one attached hydrogen (secondary N) is 1. The zero-order chi connectivity index (χ0) is 22.2. The fourth-order valence-electron chi connectivity index (χ4n) is 3.18. The SMILES string of the molecule is C=CCn1c(SCC(=O)Nc2ccc([C@@H](C)CC)cc2)nnc1-c1ccccc1OC. The van der Waals surface area contributed by atoms with E-state index in [9.17, 15) is 4.79 Å². The molecule has 162 valence electrons. The fourth-order valence-corrected chi connectivity index (χ4v) is 3.92. The van der Waals surface area contributed by atoms with Gasteiger partial charge in [-0.25, -0.2) is 0 Å². The molecule has 0 saturated heterocycles. The van der Waals surface area contributed by atoms with Crippen LogP contribution in [-0.2, 0) is 11.3 Å². The van der Waals surface area contributed by atoms with Crippen molar-refractivity contribution in [2.45, 2.75) is 37.9 Å². The average Bonchev–Trinajstić information content (AvgIpc) is 3.20. The summed E-state index contributed by atoms with van der Waals surface area (Å²) >= 11 is 1.34. The number of aromatic nitrogens is 3. The number of nitrogens with zero attached hydrogens (tertiary/aromatic N) is 3. The summed E-state index contributed by atoms with van der Waals surface area (Å²) in [4.78, 5) is 12.5. The van der Waals surface area contributed by atoms with E-state index in [1.54, 1.807) is 13.2 Å². The van der Waals surface area contributed by atoms with Crippen LogP contribution in [0.5, 0.6) is 5.75 Å². The van der Waals surface area contributed by atoms with Crippen molar-refractivity contribution in [2.75, 3.05) is 18.2 Å². The minimum Gasteiger partial charge on any atom is -0.496 e. The summed E-state index contributed by atoms with van der Waals surface area (Å²) in [6, 6.07) is 15.7. The number of amides is 1. The number of anilines is 1. The van der Waals surface area contributed by atoms with Gasteiger partial charge in [0.2, 0.25) is 5.91 Å². The van der Waals surface area contributed by atoms with Crippen LogP contribution in [0.2, 0.25) is 0 Å². The number of hydrogen-bond acceptors (Lipinski definition) is 5. The first-order chi connectivity index (χ1) is 15.1. The van der Waals surface area contributed by atoms with Gasteiger partial charge in [0.25, 0.3) is 0 Å². The molecule has 1 heterocycles.